The molecule has 3 N–H and O–H groups in total. The summed E-state index contributed by atoms with van der Waals surface area (Å²) in [5.74, 6) is -0.129. The Kier molecular flexibility index (Phi) is 4.72. The van der Waals surface area contributed by atoms with Gasteiger partial charge in [-0.2, -0.15) is 0 Å². The quantitative estimate of drug-likeness (QED) is 0.702. The summed E-state index contributed by atoms with van der Waals surface area (Å²) in [7, 11) is 0. The van der Waals surface area contributed by atoms with E-state index in [9.17, 15) is 9.18 Å². The third-order valence-corrected chi connectivity index (χ3v) is 5.25. The smallest absolute Gasteiger partial charge is 0.286 e. The predicted octanol–water partition coefficient (Wildman–Crippen LogP) is 2.45. The van der Waals surface area contributed by atoms with Crippen molar-refractivity contribution in [1.82, 2.24) is 15.3 Å². The van der Waals surface area contributed by atoms with Crippen molar-refractivity contribution < 1.29 is 13.6 Å². The average molecular weight is 383 g/mol. The van der Waals surface area contributed by atoms with Gasteiger partial charge in [-0.25, -0.2) is 14.4 Å². The highest BCUT2D eigenvalue weighted by atomic mass is 19.1. The summed E-state index contributed by atoms with van der Waals surface area (Å²) in [6.07, 6.45) is 2.48. The molecule has 1 atom stereocenters. The fourth-order valence-electron chi connectivity index (χ4n) is 3.65. The standard InChI is InChI=1S/C20H22FN5O2/c1-11-12(2)24-19(18(22)27)25-20(11)26-5-3-16(10-26)23-9-14-8-15(21)7-13-4-6-28-17(13)14/h4,6-8,16,23H,3,5,9-10H2,1-2H3,(H2,22,27)/t16-/m1/s1. The van der Waals surface area contributed by atoms with Crippen molar-refractivity contribution in [3.63, 3.8) is 0 Å². The van der Waals surface area contributed by atoms with E-state index in [0.29, 0.717) is 12.1 Å². The maximum absolute atomic E-state index is 13.8. The van der Waals surface area contributed by atoms with Gasteiger partial charge in [-0.05, 0) is 38.5 Å². The van der Waals surface area contributed by atoms with E-state index < -0.39 is 5.91 Å². The molecular weight excluding hydrogens is 361 g/mol. The molecule has 0 bridgehead atoms. The van der Waals surface area contributed by atoms with Crippen molar-refractivity contribution in [3.05, 3.63) is 52.9 Å². The molecule has 3 aromatic rings. The number of halogens is 1. The minimum Gasteiger partial charge on any atom is -0.464 e. The zero-order chi connectivity index (χ0) is 19.8. The van der Waals surface area contributed by atoms with Crippen molar-refractivity contribution in [2.24, 2.45) is 5.73 Å². The van der Waals surface area contributed by atoms with Gasteiger partial charge in [0.05, 0.1) is 6.26 Å². The number of fused-ring (bicyclic) bond motifs is 1. The first-order valence-electron chi connectivity index (χ1n) is 9.21. The molecule has 0 unspecified atom stereocenters. The second kappa shape index (κ2) is 7.20. The van der Waals surface area contributed by atoms with Crippen LogP contribution in [0.3, 0.4) is 0 Å². The lowest BCUT2D eigenvalue weighted by molar-refractivity contribution is 0.0990. The van der Waals surface area contributed by atoms with E-state index in [1.165, 1.54) is 12.1 Å². The summed E-state index contributed by atoms with van der Waals surface area (Å²) in [6, 6.07) is 4.94. The summed E-state index contributed by atoms with van der Waals surface area (Å²) in [6.45, 7) is 5.82. The Hall–Kier alpha value is -3.00. The number of benzene rings is 1. The van der Waals surface area contributed by atoms with Crippen molar-refractivity contribution >= 4 is 22.7 Å². The molecule has 146 valence electrons. The number of primary amides is 1. The molecule has 1 saturated heterocycles. The molecule has 0 aliphatic carbocycles. The molecule has 4 rings (SSSR count). The van der Waals surface area contributed by atoms with Crippen LogP contribution in [-0.2, 0) is 6.54 Å². The van der Waals surface area contributed by atoms with Crippen LogP contribution in [-0.4, -0.2) is 35.0 Å². The van der Waals surface area contributed by atoms with Gasteiger partial charge in [-0.3, -0.25) is 4.79 Å². The van der Waals surface area contributed by atoms with E-state index in [4.69, 9.17) is 10.2 Å². The lowest BCUT2D eigenvalue weighted by Gasteiger charge is -2.21. The molecule has 2 aromatic heterocycles. The van der Waals surface area contributed by atoms with Crippen LogP contribution in [0.25, 0.3) is 11.0 Å². The van der Waals surface area contributed by atoms with Gasteiger partial charge < -0.3 is 20.4 Å². The molecule has 3 heterocycles. The van der Waals surface area contributed by atoms with Gasteiger partial charge in [0.15, 0.2) is 0 Å². The van der Waals surface area contributed by atoms with E-state index in [-0.39, 0.29) is 17.7 Å². The van der Waals surface area contributed by atoms with Crippen LogP contribution in [0.5, 0.6) is 0 Å². The minimum absolute atomic E-state index is 0.0366. The topological polar surface area (TPSA) is 97.3 Å². The van der Waals surface area contributed by atoms with Gasteiger partial charge >= 0.3 is 0 Å². The predicted molar refractivity (Wildman–Crippen MR) is 104 cm³/mol. The highest BCUT2D eigenvalue weighted by Gasteiger charge is 2.26. The fourth-order valence-corrected chi connectivity index (χ4v) is 3.65. The largest absolute Gasteiger partial charge is 0.464 e. The number of furan rings is 1. The second-order valence-electron chi connectivity index (χ2n) is 7.16. The van der Waals surface area contributed by atoms with Crippen molar-refractivity contribution in [2.45, 2.75) is 32.9 Å². The number of rotatable bonds is 5. The van der Waals surface area contributed by atoms with Crippen molar-refractivity contribution in [3.8, 4) is 0 Å². The number of hydrogen-bond donors (Lipinski definition) is 2. The summed E-state index contributed by atoms with van der Waals surface area (Å²) in [5.41, 5.74) is 8.54. The first kappa shape index (κ1) is 18.4. The minimum atomic E-state index is -0.633. The van der Waals surface area contributed by atoms with Crippen LogP contribution >= 0.6 is 0 Å². The number of carbonyl (C=O) groups is 1. The van der Waals surface area contributed by atoms with E-state index >= 15 is 0 Å². The van der Waals surface area contributed by atoms with Gasteiger partial charge in [-0.15, -0.1) is 0 Å². The van der Waals surface area contributed by atoms with Crippen LogP contribution in [0.2, 0.25) is 0 Å². The molecule has 0 saturated carbocycles. The number of hydrogen-bond acceptors (Lipinski definition) is 6. The van der Waals surface area contributed by atoms with Gasteiger partial charge in [0, 0.05) is 47.9 Å². The summed E-state index contributed by atoms with van der Waals surface area (Å²) >= 11 is 0. The molecule has 1 aromatic carbocycles. The van der Waals surface area contributed by atoms with E-state index in [2.05, 4.69) is 20.2 Å². The van der Waals surface area contributed by atoms with Crippen LogP contribution in [0.4, 0.5) is 10.2 Å². The van der Waals surface area contributed by atoms with Crippen molar-refractivity contribution in [2.75, 3.05) is 18.0 Å². The summed E-state index contributed by atoms with van der Waals surface area (Å²) in [4.78, 5) is 22.1. The maximum Gasteiger partial charge on any atom is 0.286 e. The molecule has 1 fully saturated rings. The molecule has 28 heavy (non-hydrogen) atoms. The Morgan fingerprint density at radius 2 is 2.21 bits per heavy atom. The molecule has 1 aliphatic rings. The Morgan fingerprint density at radius 3 is 3.00 bits per heavy atom. The fraction of sp³-hybridized carbons (Fsp3) is 0.350. The average Bonchev–Trinajstić information content (AvgIpc) is 3.30. The molecule has 0 spiro atoms. The Balaban J connectivity index is 1.48. The third-order valence-electron chi connectivity index (χ3n) is 5.25. The summed E-state index contributed by atoms with van der Waals surface area (Å²) in [5, 5.41) is 4.23. The lowest BCUT2D eigenvalue weighted by Crippen LogP contribution is -2.33. The lowest BCUT2D eigenvalue weighted by atomic mass is 10.1. The molecule has 1 amide bonds. The number of nitrogens with zero attached hydrogens (tertiary/aromatic N) is 3. The number of nitrogens with two attached hydrogens (primary N) is 1. The van der Waals surface area contributed by atoms with Crippen LogP contribution in [0.1, 0.15) is 33.9 Å². The number of anilines is 1. The Labute approximate surface area is 161 Å². The molecule has 0 radical (unpaired) electrons. The Morgan fingerprint density at radius 1 is 1.39 bits per heavy atom. The van der Waals surface area contributed by atoms with E-state index in [1.54, 1.807) is 12.3 Å². The molecule has 1 aliphatic heterocycles. The van der Waals surface area contributed by atoms with Gasteiger partial charge in [-0.1, -0.05) is 0 Å². The van der Waals surface area contributed by atoms with Gasteiger partial charge in [0.2, 0.25) is 5.82 Å². The normalized spacial score (nSPS) is 16.8. The van der Waals surface area contributed by atoms with Crippen molar-refractivity contribution in [1.29, 1.82) is 0 Å². The zero-order valence-electron chi connectivity index (χ0n) is 15.8. The summed E-state index contributed by atoms with van der Waals surface area (Å²) < 4.78 is 19.3. The molecule has 8 heteroatoms. The SMILES string of the molecule is Cc1nc(C(N)=O)nc(N2CC[C@@H](NCc3cc(F)cc4ccoc34)C2)c1C. The first-order valence-corrected chi connectivity index (χ1v) is 9.21. The number of carbonyl (C=O) groups excluding carboxylic acids is 1. The molecular formula is C20H22FN5O2. The molecule has 7 nitrogen and oxygen atoms in total. The van der Waals surface area contributed by atoms with Gasteiger partial charge in [0.25, 0.3) is 5.91 Å². The van der Waals surface area contributed by atoms with E-state index in [1.807, 2.05) is 13.8 Å². The third kappa shape index (κ3) is 3.43. The maximum atomic E-state index is 13.8. The van der Waals surface area contributed by atoms with Gasteiger partial charge in [0.1, 0.15) is 17.2 Å². The highest BCUT2D eigenvalue weighted by Crippen LogP contribution is 2.25. The van der Waals surface area contributed by atoms with Crippen LogP contribution in [0, 0.1) is 19.7 Å². The number of aryl methyl sites for hydroxylation is 1. The first-order chi connectivity index (χ1) is 13.4. The number of nitrogens with one attached hydrogen (secondary N) is 1. The van der Waals surface area contributed by atoms with Crippen LogP contribution < -0.4 is 16.0 Å². The zero-order valence-corrected chi connectivity index (χ0v) is 15.8. The highest BCUT2D eigenvalue weighted by molar-refractivity contribution is 5.89. The second-order valence-corrected chi connectivity index (χ2v) is 7.16. The van der Waals surface area contributed by atoms with E-state index in [0.717, 1.165) is 47.5 Å². The van der Waals surface area contributed by atoms with Crippen LogP contribution in [0.15, 0.2) is 28.9 Å². The number of amides is 1. The monoisotopic (exact) mass is 383 g/mol. The Bertz CT molecular complexity index is 1050. The number of aromatic nitrogens is 2.